The lowest BCUT2D eigenvalue weighted by Gasteiger charge is -2.15. The van der Waals surface area contributed by atoms with Crippen molar-refractivity contribution < 1.29 is 14.2 Å². The van der Waals surface area contributed by atoms with Crippen LogP contribution in [0.4, 0.5) is 4.39 Å². The monoisotopic (exact) mass is 260 g/mol. The van der Waals surface area contributed by atoms with Gasteiger partial charge in [-0.15, -0.1) is 0 Å². The van der Waals surface area contributed by atoms with Crippen LogP contribution in [-0.2, 0) is 0 Å². The van der Waals surface area contributed by atoms with Crippen molar-refractivity contribution >= 4 is 0 Å². The smallest absolute Gasteiger partial charge is 0.129 e. The first-order valence-corrected chi connectivity index (χ1v) is 6.27. The molecule has 0 aliphatic heterocycles. The van der Waals surface area contributed by atoms with Gasteiger partial charge in [0.05, 0.1) is 6.10 Å². The van der Waals surface area contributed by atoms with Crippen molar-refractivity contribution in [1.82, 2.24) is 0 Å². The van der Waals surface area contributed by atoms with Gasteiger partial charge in [0.15, 0.2) is 0 Å². The number of aliphatic hydroxyl groups excluding tert-OH is 1. The number of benzene rings is 2. The molecule has 0 saturated heterocycles. The average Bonchev–Trinajstić information content (AvgIpc) is 2.38. The minimum Gasteiger partial charge on any atom is -0.491 e. The zero-order chi connectivity index (χ0) is 13.8. The van der Waals surface area contributed by atoms with E-state index in [9.17, 15) is 9.50 Å². The Morgan fingerprint density at radius 1 is 1.05 bits per heavy atom. The first kappa shape index (κ1) is 13.6. The summed E-state index contributed by atoms with van der Waals surface area (Å²) < 4.78 is 19.2. The standard InChI is InChI=1S/C16H17FO2/c1-11(2)19-13-7-5-6-12(10-13)16(18)14-8-3-4-9-15(14)17/h3-11,16,18H,1-2H3. The topological polar surface area (TPSA) is 29.5 Å². The van der Waals surface area contributed by atoms with Gasteiger partial charge >= 0.3 is 0 Å². The molecule has 0 radical (unpaired) electrons. The SMILES string of the molecule is CC(C)Oc1cccc(C(O)c2ccccc2F)c1. The van der Waals surface area contributed by atoms with Crippen LogP contribution in [0.15, 0.2) is 48.5 Å². The summed E-state index contributed by atoms with van der Waals surface area (Å²) in [5, 5.41) is 10.2. The number of ether oxygens (including phenoxy) is 1. The molecule has 2 rings (SSSR count). The van der Waals surface area contributed by atoms with E-state index >= 15 is 0 Å². The van der Waals surface area contributed by atoms with Gasteiger partial charge in [0, 0.05) is 5.56 Å². The molecule has 19 heavy (non-hydrogen) atoms. The summed E-state index contributed by atoms with van der Waals surface area (Å²) in [7, 11) is 0. The molecule has 2 nitrogen and oxygen atoms in total. The lowest BCUT2D eigenvalue weighted by molar-refractivity contribution is 0.212. The summed E-state index contributed by atoms with van der Waals surface area (Å²) in [4.78, 5) is 0. The summed E-state index contributed by atoms with van der Waals surface area (Å²) in [6.07, 6.45) is -0.933. The molecular formula is C16H17FO2. The van der Waals surface area contributed by atoms with Crippen molar-refractivity contribution in [2.45, 2.75) is 26.1 Å². The molecule has 100 valence electrons. The van der Waals surface area contributed by atoms with E-state index in [4.69, 9.17) is 4.74 Å². The Hall–Kier alpha value is -1.87. The first-order chi connectivity index (χ1) is 9.08. The molecule has 0 aliphatic rings. The number of aliphatic hydroxyl groups is 1. The molecule has 0 aliphatic carbocycles. The molecule has 0 spiro atoms. The summed E-state index contributed by atoms with van der Waals surface area (Å²) in [5.74, 6) is 0.257. The van der Waals surface area contributed by atoms with Crippen LogP contribution >= 0.6 is 0 Å². The minimum absolute atomic E-state index is 0.0563. The van der Waals surface area contributed by atoms with Gasteiger partial charge in [-0.1, -0.05) is 30.3 Å². The van der Waals surface area contributed by atoms with E-state index in [2.05, 4.69) is 0 Å². The fourth-order valence-electron chi connectivity index (χ4n) is 1.91. The van der Waals surface area contributed by atoms with Crippen molar-refractivity contribution in [3.63, 3.8) is 0 Å². The Balaban J connectivity index is 2.29. The molecule has 0 heterocycles. The zero-order valence-corrected chi connectivity index (χ0v) is 11.0. The lowest BCUT2D eigenvalue weighted by atomic mass is 10.0. The van der Waals surface area contributed by atoms with Crippen LogP contribution < -0.4 is 4.74 Å². The second-order valence-electron chi connectivity index (χ2n) is 4.66. The highest BCUT2D eigenvalue weighted by atomic mass is 19.1. The van der Waals surface area contributed by atoms with Crippen LogP contribution in [-0.4, -0.2) is 11.2 Å². The fraction of sp³-hybridized carbons (Fsp3) is 0.250. The number of hydrogen-bond donors (Lipinski definition) is 1. The molecule has 1 atom stereocenters. The van der Waals surface area contributed by atoms with Gasteiger partial charge in [0.1, 0.15) is 17.7 Å². The van der Waals surface area contributed by atoms with Crippen LogP contribution in [0.25, 0.3) is 0 Å². The molecule has 3 heteroatoms. The Kier molecular flexibility index (Phi) is 4.17. The van der Waals surface area contributed by atoms with E-state index in [1.807, 2.05) is 19.9 Å². The van der Waals surface area contributed by atoms with E-state index in [-0.39, 0.29) is 11.7 Å². The van der Waals surface area contributed by atoms with Gasteiger partial charge in [-0.3, -0.25) is 0 Å². The van der Waals surface area contributed by atoms with Gasteiger partial charge < -0.3 is 9.84 Å². The minimum atomic E-state index is -0.989. The third-order valence-electron chi connectivity index (χ3n) is 2.75. The quantitative estimate of drug-likeness (QED) is 0.908. The van der Waals surface area contributed by atoms with Crippen LogP contribution in [0.2, 0.25) is 0 Å². The van der Waals surface area contributed by atoms with Crippen molar-refractivity contribution in [1.29, 1.82) is 0 Å². The molecule has 0 bridgehead atoms. The maximum atomic E-state index is 13.6. The van der Waals surface area contributed by atoms with Crippen LogP contribution in [0.5, 0.6) is 5.75 Å². The Morgan fingerprint density at radius 3 is 2.47 bits per heavy atom. The highest BCUT2D eigenvalue weighted by molar-refractivity contribution is 5.35. The van der Waals surface area contributed by atoms with Gasteiger partial charge in [-0.25, -0.2) is 4.39 Å². The van der Waals surface area contributed by atoms with E-state index in [1.165, 1.54) is 6.07 Å². The highest BCUT2D eigenvalue weighted by Crippen LogP contribution is 2.27. The van der Waals surface area contributed by atoms with Gasteiger partial charge in [0.25, 0.3) is 0 Å². The molecule has 0 saturated carbocycles. The van der Waals surface area contributed by atoms with E-state index in [0.717, 1.165) is 0 Å². The van der Waals surface area contributed by atoms with Gasteiger partial charge in [-0.05, 0) is 37.6 Å². The third kappa shape index (κ3) is 3.32. The highest BCUT2D eigenvalue weighted by Gasteiger charge is 2.15. The Labute approximate surface area is 112 Å². The summed E-state index contributed by atoms with van der Waals surface area (Å²) >= 11 is 0. The van der Waals surface area contributed by atoms with Crippen LogP contribution in [0.3, 0.4) is 0 Å². The molecule has 1 N–H and O–H groups in total. The predicted molar refractivity (Wildman–Crippen MR) is 72.7 cm³/mol. The molecule has 2 aromatic rings. The summed E-state index contributed by atoms with van der Waals surface area (Å²) in [6.45, 7) is 3.86. The van der Waals surface area contributed by atoms with Crippen LogP contribution in [0.1, 0.15) is 31.1 Å². The molecule has 0 amide bonds. The second-order valence-corrected chi connectivity index (χ2v) is 4.66. The van der Waals surface area contributed by atoms with Crippen molar-refractivity contribution in [3.8, 4) is 5.75 Å². The molecule has 2 aromatic carbocycles. The van der Waals surface area contributed by atoms with Gasteiger partial charge in [0.2, 0.25) is 0 Å². The second kappa shape index (κ2) is 5.85. The van der Waals surface area contributed by atoms with Crippen molar-refractivity contribution in [2.75, 3.05) is 0 Å². The number of rotatable bonds is 4. The maximum absolute atomic E-state index is 13.6. The number of halogens is 1. The van der Waals surface area contributed by atoms with E-state index in [0.29, 0.717) is 11.3 Å². The average molecular weight is 260 g/mol. The molecule has 1 unspecified atom stereocenters. The first-order valence-electron chi connectivity index (χ1n) is 6.27. The molecule has 0 aromatic heterocycles. The fourth-order valence-corrected chi connectivity index (χ4v) is 1.91. The molecular weight excluding hydrogens is 243 g/mol. The largest absolute Gasteiger partial charge is 0.491 e. The normalized spacial score (nSPS) is 12.5. The Bertz CT molecular complexity index is 552. The predicted octanol–water partition coefficient (Wildman–Crippen LogP) is 3.69. The van der Waals surface area contributed by atoms with Crippen molar-refractivity contribution in [3.05, 3.63) is 65.5 Å². The lowest BCUT2D eigenvalue weighted by Crippen LogP contribution is -2.07. The number of hydrogen-bond acceptors (Lipinski definition) is 2. The summed E-state index contributed by atoms with van der Waals surface area (Å²) in [5.41, 5.74) is 0.882. The van der Waals surface area contributed by atoms with Crippen molar-refractivity contribution in [2.24, 2.45) is 0 Å². The maximum Gasteiger partial charge on any atom is 0.129 e. The van der Waals surface area contributed by atoms with Gasteiger partial charge in [-0.2, -0.15) is 0 Å². The third-order valence-corrected chi connectivity index (χ3v) is 2.75. The Morgan fingerprint density at radius 2 is 1.79 bits per heavy atom. The molecule has 0 fully saturated rings. The van der Waals surface area contributed by atoms with E-state index in [1.54, 1.807) is 36.4 Å². The zero-order valence-electron chi connectivity index (χ0n) is 11.0. The van der Waals surface area contributed by atoms with Crippen LogP contribution in [0, 0.1) is 5.82 Å². The van der Waals surface area contributed by atoms with E-state index < -0.39 is 11.9 Å². The summed E-state index contributed by atoms with van der Waals surface area (Å²) in [6, 6.07) is 13.3.